The molecule has 0 saturated carbocycles. The molecule has 0 aromatic carbocycles. The summed E-state index contributed by atoms with van der Waals surface area (Å²) in [6.45, 7) is 8.34. The third kappa shape index (κ3) is 4.09. The average molecular weight is 395 g/mol. The molecule has 0 fully saturated rings. The van der Waals surface area contributed by atoms with Crippen LogP contribution in [0.5, 0.6) is 0 Å². The highest BCUT2D eigenvalue weighted by Gasteiger charge is 2.28. The third-order valence-corrected chi connectivity index (χ3v) is 4.75. The second kappa shape index (κ2) is 6.01. The molecule has 4 atom stereocenters. The Morgan fingerprint density at radius 1 is 0.833 bits per heavy atom. The summed E-state index contributed by atoms with van der Waals surface area (Å²) < 4.78 is 0.949. The molecule has 0 saturated heterocycles. The monoisotopic (exact) mass is 395 g/mol. The number of hydrogen-bond donors (Lipinski definition) is 0. The summed E-state index contributed by atoms with van der Waals surface area (Å²) in [6, 6.07) is 0. The zero-order valence-electron chi connectivity index (χ0n) is 8.05. The molecular formula is C9H17I2O. The fourth-order valence-electron chi connectivity index (χ4n) is 1.00. The maximum Gasteiger partial charge on any atom is 0.100 e. The van der Waals surface area contributed by atoms with Crippen LogP contribution in [0.25, 0.3) is 0 Å². The Kier molecular flexibility index (Phi) is 6.72. The highest BCUT2D eigenvalue weighted by Crippen LogP contribution is 2.26. The number of halogens is 2. The highest BCUT2D eigenvalue weighted by atomic mass is 127. The van der Waals surface area contributed by atoms with Gasteiger partial charge in [0, 0.05) is 7.85 Å². The molecule has 0 aliphatic heterocycles. The second-order valence-corrected chi connectivity index (χ2v) is 7.47. The summed E-state index contributed by atoms with van der Waals surface area (Å²) in [4.78, 5) is 0. The molecule has 1 radical (unpaired) electrons. The Hall–Kier alpha value is 1.42. The molecule has 0 aromatic heterocycles. The van der Waals surface area contributed by atoms with Crippen LogP contribution >= 0.6 is 45.2 Å². The summed E-state index contributed by atoms with van der Waals surface area (Å²) >= 11 is 4.68. The quantitative estimate of drug-likeness (QED) is 0.511. The van der Waals surface area contributed by atoms with E-state index in [1.54, 1.807) is 0 Å². The summed E-state index contributed by atoms with van der Waals surface area (Å²) in [6.07, 6.45) is -0.413. The molecule has 1 nitrogen and oxygen atoms in total. The standard InChI is InChI=1S/C9H17I2O/c1-5(7(3)10)9(12)6(2)8(4)11/h5-9H,1-4H3. The van der Waals surface area contributed by atoms with Gasteiger partial charge in [-0.3, -0.25) is 0 Å². The number of hydrogen-bond acceptors (Lipinski definition) is 0. The van der Waals surface area contributed by atoms with Gasteiger partial charge in [-0.25, -0.2) is 5.11 Å². The van der Waals surface area contributed by atoms with E-state index in [0.29, 0.717) is 7.85 Å². The lowest BCUT2D eigenvalue weighted by molar-refractivity contribution is 0.00492. The van der Waals surface area contributed by atoms with Crippen molar-refractivity contribution in [3.63, 3.8) is 0 Å². The van der Waals surface area contributed by atoms with Gasteiger partial charge in [0.15, 0.2) is 0 Å². The lowest BCUT2D eigenvalue weighted by atomic mass is 9.90. The van der Waals surface area contributed by atoms with Crippen LogP contribution < -0.4 is 0 Å². The van der Waals surface area contributed by atoms with Gasteiger partial charge in [-0.2, -0.15) is 0 Å². The topological polar surface area (TPSA) is 19.9 Å². The van der Waals surface area contributed by atoms with Gasteiger partial charge in [-0.1, -0.05) is 72.9 Å². The fourth-order valence-corrected chi connectivity index (χ4v) is 1.82. The molecule has 0 bridgehead atoms. The largest absolute Gasteiger partial charge is 0.232 e. The highest BCUT2D eigenvalue weighted by molar-refractivity contribution is 14.1. The zero-order chi connectivity index (χ0) is 9.89. The van der Waals surface area contributed by atoms with Crippen molar-refractivity contribution in [2.45, 2.75) is 41.6 Å². The van der Waals surface area contributed by atoms with Gasteiger partial charge in [0.1, 0.15) is 6.10 Å². The Balaban J connectivity index is 4.08. The predicted molar refractivity (Wildman–Crippen MR) is 69.8 cm³/mol. The van der Waals surface area contributed by atoms with E-state index in [1.165, 1.54) is 0 Å². The molecule has 0 aliphatic rings. The van der Waals surface area contributed by atoms with E-state index in [9.17, 15) is 5.11 Å². The van der Waals surface area contributed by atoms with Crippen LogP contribution in [0.2, 0.25) is 0 Å². The van der Waals surface area contributed by atoms with E-state index in [4.69, 9.17) is 0 Å². The summed E-state index contributed by atoms with van der Waals surface area (Å²) in [7, 11) is 0. The van der Waals surface area contributed by atoms with Crippen LogP contribution in [0.3, 0.4) is 0 Å². The van der Waals surface area contributed by atoms with Gasteiger partial charge in [-0.15, -0.1) is 0 Å². The molecule has 0 heterocycles. The minimum absolute atomic E-state index is 0.276. The summed E-state index contributed by atoms with van der Waals surface area (Å²) in [5.74, 6) is 0.552. The number of alkyl halides is 2. The molecular weight excluding hydrogens is 378 g/mol. The number of rotatable bonds is 4. The molecule has 3 heteroatoms. The van der Waals surface area contributed by atoms with Crippen molar-refractivity contribution < 1.29 is 5.11 Å². The predicted octanol–water partition coefficient (Wildman–Crippen LogP) is 3.70. The minimum atomic E-state index is -0.413. The van der Waals surface area contributed by atoms with Crippen LogP contribution in [0.4, 0.5) is 0 Å². The van der Waals surface area contributed by atoms with Crippen LogP contribution in [0.1, 0.15) is 27.7 Å². The maximum absolute atomic E-state index is 11.8. The van der Waals surface area contributed by atoms with Crippen LogP contribution in [-0.2, 0) is 5.11 Å². The van der Waals surface area contributed by atoms with Gasteiger partial charge in [0.05, 0.1) is 0 Å². The second-order valence-electron chi connectivity index (χ2n) is 3.54. The molecule has 0 rings (SSSR count). The van der Waals surface area contributed by atoms with Crippen LogP contribution in [0, 0.1) is 11.8 Å². The molecule has 0 aliphatic carbocycles. The smallest absolute Gasteiger partial charge is 0.100 e. The van der Waals surface area contributed by atoms with Crippen molar-refractivity contribution >= 4 is 45.2 Å². The Bertz CT molecular complexity index is 112. The van der Waals surface area contributed by atoms with Crippen molar-refractivity contribution in [3.05, 3.63) is 0 Å². The molecule has 4 unspecified atom stereocenters. The van der Waals surface area contributed by atoms with Crippen LogP contribution in [-0.4, -0.2) is 14.0 Å². The zero-order valence-corrected chi connectivity index (χ0v) is 12.4. The first-order chi connectivity index (χ1) is 5.37. The van der Waals surface area contributed by atoms with E-state index in [2.05, 4.69) is 72.9 Å². The first-order valence-electron chi connectivity index (χ1n) is 4.31. The van der Waals surface area contributed by atoms with Gasteiger partial charge < -0.3 is 0 Å². The minimum Gasteiger partial charge on any atom is -0.232 e. The van der Waals surface area contributed by atoms with Crippen LogP contribution in [0.15, 0.2) is 0 Å². The van der Waals surface area contributed by atoms with E-state index in [-0.39, 0.29) is 11.8 Å². The molecule has 12 heavy (non-hydrogen) atoms. The third-order valence-electron chi connectivity index (χ3n) is 2.49. The van der Waals surface area contributed by atoms with E-state index in [0.717, 1.165) is 0 Å². The lowest BCUT2D eigenvalue weighted by Crippen LogP contribution is -2.32. The summed E-state index contributed by atoms with van der Waals surface area (Å²) in [5, 5.41) is 11.8. The van der Waals surface area contributed by atoms with E-state index in [1.807, 2.05) is 0 Å². The molecule has 0 amide bonds. The molecule has 73 valence electrons. The summed E-state index contributed by atoms with van der Waals surface area (Å²) in [5.41, 5.74) is 0. The van der Waals surface area contributed by atoms with E-state index >= 15 is 0 Å². The molecule has 0 spiro atoms. The van der Waals surface area contributed by atoms with Crippen molar-refractivity contribution in [2.75, 3.05) is 0 Å². The maximum atomic E-state index is 11.8. The Labute approximate surface area is 103 Å². The first-order valence-corrected chi connectivity index (χ1v) is 6.81. The van der Waals surface area contributed by atoms with Gasteiger partial charge >= 0.3 is 0 Å². The molecule has 0 N–H and O–H groups in total. The molecule has 0 aromatic rings. The average Bonchev–Trinajstić information content (AvgIpc) is 2.00. The van der Waals surface area contributed by atoms with Gasteiger partial charge in [0.2, 0.25) is 0 Å². The lowest BCUT2D eigenvalue weighted by Gasteiger charge is -2.26. The first kappa shape index (κ1) is 13.4. The normalized spacial score (nSPS) is 24.2. The van der Waals surface area contributed by atoms with Crippen molar-refractivity contribution in [2.24, 2.45) is 11.8 Å². The Morgan fingerprint density at radius 2 is 1.08 bits per heavy atom. The Morgan fingerprint density at radius 3 is 1.25 bits per heavy atom. The fraction of sp³-hybridized carbons (Fsp3) is 1.00. The van der Waals surface area contributed by atoms with Crippen molar-refractivity contribution in [1.29, 1.82) is 0 Å². The van der Waals surface area contributed by atoms with Gasteiger partial charge in [-0.05, 0) is 11.8 Å². The SMILES string of the molecule is CC(I)C(C)C([O])C(C)C(C)I. The van der Waals surface area contributed by atoms with Gasteiger partial charge in [0.25, 0.3) is 0 Å². The van der Waals surface area contributed by atoms with Crippen molar-refractivity contribution in [3.8, 4) is 0 Å². The van der Waals surface area contributed by atoms with E-state index < -0.39 is 6.10 Å². The van der Waals surface area contributed by atoms with Crippen molar-refractivity contribution in [1.82, 2.24) is 0 Å².